The molecular formula is C21H21N5O6P+. The van der Waals surface area contributed by atoms with Crippen LogP contribution in [0, 0.1) is 0 Å². The highest BCUT2D eigenvalue weighted by molar-refractivity contribution is 7.46. The molecule has 0 amide bonds. The highest BCUT2D eigenvalue weighted by atomic mass is 31.2. The van der Waals surface area contributed by atoms with Crippen molar-refractivity contribution in [1.29, 1.82) is 0 Å². The zero-order valence-electron chi connectivity index (χ0n) is 17.3. The lowest BCUT2D eigenvalue weighted by atomic mass is 10.1. The van der Waals surface area contributed by atoms with Crippen molar-refractivity contribution in [2.24, 2.45) is 0 Å². The van der Waals surface area contributed by atoms with Crippen LogP contribution >= 0.6 is 7.82 Å². The molecule has 0 aliphatic carbocycles. The third-order valence-electron chi connectivity index (χ3n) is 4.60. The van der Waals surface area contributed by atoms with Crippen molar-refractivity contribution in [3.05, 3.63) is 84.2 Å². The Balaban J connectivity index is 1.40. The standard InChI is InChI=1S/C21H20N5O6P/c22-21-18(3-1-10-26(21)14-31-33(27,28)29)19-12-16(25-32-19)11-15-4-6-17(7-5-15)30-13-20-23-8-2-9-24-20/h1-10,12,22H,11,13-14H2,(H2,27,28,29)/p+1. The van der Waals surface area contributed by atoms with Gasteiger partial charge in [0.1, 0.15) is 17.9 Å². The number of hydrogen-bond acceptors (Lipinski definition) is 8. The Morgan fingerprint density at radius 3 is 2.58 bits per heavy atom. The van der Waals surface area contributed by atoms with Crippen molar-refractivity contribution >= 4 is 13.6 Å². The molecule has 0 saturated heterocycles. The summed E-state index contributed by atoms with van der Waals surface area (Å²) >= 11 is 0. The van der Waals surface area contributed by atoms with E-state index in [1.807, 2.05) is 24.3 Å². The number of benzene rings is 1. The van der Waals surface area contributed by atoms with Crippen LogP contribution < -0.4 is 15.0 Å². The smallest absolute Gasteiger partial charge is 0.472 e. The van der Waals surface area contributed by atoms with E-state index in [1.54, 1.807) is 42.9 Å². The van der Waals surface area contributed by atoms with Gasteiger partial charge in [-0.15, -0.1) is 0 Å². The topological polar surface area (TPSA) is 158 Å². The van der Waals surface area contributed by atoms with Gasteiger partial charge in [0.2, 0.25) is 6.73 Å². The monoisotopic (exact) mass is 470 g/mol. The van der Waals surface area contributed by atoms with E-state index in [9.17, 15) is 4.57 Å². The predicted molar refractivity (Wildman–Crippen MR) is 115 cm³/mol. The van der Waals surface area contributed by atoms with Crippen molar-refractivity contribution in [3.63, 3.8) is 0 Å². The molecule has 0 aliphatic heterocycles. The van der Waals surface area contributed by atoms with Crippen molar-refractivity contribution < 1.29 is 32.7 Å². The largest absolute Gasteiger partial charge is 0.486 e. The number of ether oxygens (including phenoxy) is 1. The molecule has 3 aromatic heterocycles. The molecular weight excluding hydrogens is 449 g/mol. The van der Waals surface area contributed by atoms with Gasteiger partial charge in [0.05, 0.1) is 11.9 Å². The van der Waals surface area contributed by atoms with Gasteiger partial charge < -0.3 is 19.0 Å². The van der Waals surface area contributed by atoms with Crippen LogP contribution in [0.2, 0.25) is 0 Å². The lowest BCUT2D eigenvalue weighted by molar-refractivity contribution is -0.711. The van der Waals surface area contributed by atoms with Crippen molar-refractivity contribution in [2.45, 2.75) is 19.8 Å². The number of phosphoric ester groups is 1. The predicted octanol–water partition coefficient (Wildman–Crippen LogP) is 2.24. The maximum atomic E-state index is 10.9. The van der Waals surface area contributed by atoms with E-state index in [1.165, 1.54) is 4.57 Å². The molecule has 0 atom stereocenters. The molecule has 4 aromatic rings. The van der Waals surface area contributed by atoms with Crippen LogP contribution in [0.5, 0.6) is 5.75 Å². The van der Waals surface area contributed by atoms with Gasteiger partial charge in [-0.3, -0.25) is 5.73 Å². The van der Waals surface area contributed by atoms with Crippen LogP contribution in [0.3, 0.4) is 0 Å². The first-order chi connectivity index (χ1) is 15.9. The summed E-state index contributed by atoms with van der Waals surface area (Å²) in [6.07, 6.45) is 5.40. The fourth-order valence-electron chi connectivity index (χ4n) is 3.01. The van der Waals surface area contributed by atoms with E-state index in [-0.39, 0.29) is 12.4 Å². The van der Waals surface area contributed by atoms with Gasteiger partial charge in [0.25, 0.3) is 5.82 Å². The summed E-state index contributed by atoms with van der Waals surface area (Å²) in [5, 5.41) is 4.10. The second-order valence-corrected chi connectivity index (χ2v) is 8.22. The number of nitrogens with zero attached hydrogens (tertiary/aromatic N) is 4. The van der Waals surface area contributed by atoms with Crippen LogP contribution in [0.4, 0.5) is 5.82 Å². The van der Waals surface area contributed by atoms with Crippen LogP contribution in [0.15, 0.2) is 71.6 Å². The molecule has 4 rings (SSSR count). The summed E-state index contributed by atoms with van der Waals surface area (Å²) in [5.74, 6) is 1.95. The first-order valence-electron chi connectivity index (χ1n) is 9.79. The Hall–Kier alpha value is -3.63. The highest BCUT2D eigenvalue weighted by Crippen LogP contribution is 2.35. The van der Waals surface area contributed by atoms with E-state index in [4.69, 9.17) is 24.8 Å². The molecule has 1 aromatic carbocycles. The van der Waals surface area contributed by atoms with Crippen LogP contribution in [0.1, 0.15) is 17.1 Å². The summed E-state index contributed by atoms with van der Waals surface area (Å²) < 4.78 is 27.9. The zero-order chi connectivity index (χ0) is 23.3. The molecule has 0 unspecified atom stereocenters. The van der Waals surface area contributed by atoms with Crippen molar-refractivity contribution in [3.8, 4) is 17.1 Å². The molecule has 12 heteroatoms. The molecule has 0 radical (unpaired) electrons. The van der Waals surface area contributed by atoms with Crippen molar-refractivity contribution in [2.75, 3.05) is 5.73 Å². The number of anilines is 1. The third kappa shape index (κ3) is 6.21. The lowest BCUT2D eigenvalue weighted by Crippen LogP contribution is -2.38. The molecule has 33 heavy (non-hydrogen) atoms. The summed E-state index contributed by atoms with van der Waals surface area (Å²) in [6, 6.07) is 14.5. The fourth-order valence-corrected chi connectivity index (χ4v) is 3.28. The molecule has 11 nitrogen and oxygen atoms in total. The minimum Gasteiger partial charge on any atom is -0.486 e. The zero-order valence-corrected chi connectivity index (χ0v) is 18.2. The van der Waals surface area contributed by atoms with E-state index in [2.05, 4.69) is 19.6 Å². The number of phosphoric acid groups is 1. The Bertz CT molecular complexity index is 1260. The number of nitrogens with two attached hydrogens (primary N) is 1. The van der Waals surface area contributed by atoms with Crippen molar-refractivity contribution in [1.82, 2.24) is 15.1 Å². The number of rotatable bonds is 9. The molecule has 4 N–H and O–H groups in total. The summed E-state index contributed by atoms with van der Waals surface area (Å²) in [7, 11) is -4.62. The van der Waals surface area contributed by atoms with Gasteiger partial charge in [-0.2, -0.15) is 0 Å². The molecule has 0 fully saturated rings. The quantitative estimate of drug-likeness (QED) is 0.245. The molecule has 0 saturated carbocycles. The fraction of sp³-hybridized carbons (Fsp3) is 0.143. The molecule has 170 valence electrons. The summed E-state index contributed by atoms with van der Waals surface area (Å²) in [4.78, 5) is 26.0. The summed E-state index contributed by atoms with van der Waals surface area (Å²) in [6.45, 7) is -0.125. The van der Waals surface area contributed by atoms with Crippen LogP contribution in [0.25, 0.3) is 11.3 Å². The first-order valence-corrected chi connectivity index (χ1v) is 11.3. The van der Waals surface area contributed by atoms with Gasteiger partial charge in [-0.05, 0) is 35.9 Å². The maximum absolute atomic E-state index is 10.9. The van der Waals surface area contributed by atoms with E-state index >= 15 is 0 Å². The van der Waals surface area contributed by atoms with Gasteiger partial charge >= 0.3 is 7.82 Å². The van der Waals surface area contributed by atoms with Gasteiger partial charge in [0.15, 0.2) is 11.6 Å². The highest BCUT2D eigenvalue weighted by Gasteiger charge is 2.20. The van der Waals surface area contributed by atoms with Gasteiger partial charge in [-0.25, -0.2) is 23.6 Å². The normalized spacial score (nSPS) is 11.5. The number of hydrogen-bond donors (Lipinski definition) is 3. The van der Waals surface area contributed by atoms with Gasteiger partial charge in [-0.1, -0.05) is 17.3 Å². The van der Waals surface area contributed by atoms with E-state index in [0.717, 1.165) is 5.56 Å². The second kappa shape index (κ2) is 9.88. The Morgan fingerprint density at radius 1 is 1.09 bits per heavy atom. The maximum Gasteiger partial charge on any atom is 0.472 e. The molecule has 0 spiro atoms. The average Bonchev–Trinajstić information content (AvgIpc) is 3.26. The number of nitrogen functional groups attached to an aromatic ring is 1. The first kappa shape index (κ1) is 22.6. The van der Waals surface area contributed by atoms with E-state index < -0.39 is 14.6 Å². The van der Waals surface area contributed by atoms with Crippen LogP contribution in [-0.2, 0) is 28.8 Å². The Morgan fingerprint density at radius 2 is 1.85 bits per heavy atom. The number of pyridine rings is 1. The summed E-state index contributed by atoms with van der Waals surface area (Å²) in [5.41, 5.74) is 8.33. The minimum absolute atomic E-state index is 0.220. The molecule has 0 bridgehead atoms. The number of aromatic nitrogens is 4. The lowest BCUT2D eigenvalue weighted by Gasteiger charge is -2.07. The van der Waals surface area contributed by atoms with Crippen LogP contribution in [-0.4, -0.2) is 24.9 Å². The van der Waals surface area contributed by atoms with Gasteiger partial charge in [0, 0.05) is 24.9 Å². The average molecular weight is 470 g/mol. The Kier molecular flexibility index (Phi) is 6.76. The SMILES string of the molecule is Nc1c(-c2cc(Cc3ccc(OCc4ncccn4)cc3)no2)ccc[n+]1COP(=O)(O)O. The van der Waals surface area contributed by atoms with E-state index in [0.29, 0.717) is 35.0 Å². The molecule has 3 heterocycles. The third-order valence-corrected chi connectivity index (χ3v) is 5.05. The minimum atomic E-state index is -4.62. The Labute approximate surface area is 188 Å². The molecule has 0 aliphatic rings. The second-order valence-electron chi connectivity index (χ2n) is 6.98.